The third kappa shape index (κ3) is 4.16. The van der Waals surface area contributed by atoms with Gasteiger partial charge in [-0.05, 0) is 67.5 Å². The molecule has 0 radical (unpaired) electrons. The van der Waals surface area contributed by atoms with Crippen LogP contribution in [0, 0.1) is 6.92 Å². The zero-order valence-electron chi connectivity index (χ0n) is 19.5. The number of pyridine rings is 1. The molecule has 3 aliphatic rings. The molecular weight excluding hydrogens is 448 g/mol. The Hall–Kier alpha value is -2.63. The molecule has 4 heterocycles. The van der Waals surface area contributed by atoms with E-state index in [0.29, 0.717) is 0 Å². The number of carbonyl (C=O) groups is 1. The molecule has 0 N–H and O–H groups in total. The van der Waals surface area contributed by atoms with Gasteiger partial charge >= 0.3 is 0 Å². The lowest BCUT2D eigenvalue weighted by Gasteiger charge is -2.39. The van der Waals surface area contributed by atoms with Crippen molar-refractivity contribution >= 4 is 29.2 Å². The fraction of sp³-hybridized carbons (Fsp3) is 0.429. The Balaban J connectivity index is 0.00000241. The molecule has 2 unspecified atom stereocenters. The van der Waals surface area contributed by atoms with Gasteiger partial charge in [0.2, 0.25) is 0 Å². The van der Waals surface area contributed by atoms with Crippen molar-refractivity contribution in [2.45, 2.75) is 69.7 Å². The summed E-state index contributed by atoms with van der Waals surface area (Å²) in [7, 11) is 0. The van der Waals surface area contributed by atoms with Crippen LogP contribution in [-0.2, 0) is 9.53 Å². The smallest absolute Gasteiger partial charge is 0.252 e. The highest BCUT2D eigenvalue weighted by Crippen LogP contribution is 2.39. The summed E-state index contributed by atoms with van der Waals surface area (Å²) in [6, 6.07) is 17.4. The number of hydrogen-bond donors (Lipinski definition) is 0. The number of hydrogen-bond acceptors (Lipinski definition) is 4. The Morgan fingerprint density at radius 1 is 1.03 bits per heavy atom. The van der Waals surface area contributed by atoms with E-state index >= 15 is 0 Å². The van der Waals surface area contributed by atoms with Gasteiger partial charge in [-0.25, -0.2) is 0 Å². The van der Waals surface area contributed by atoms with E-state index in [-0.39, 0.29) is 42.6 Å². The quantitative estimate of drug-likeness (QED) is 0.481. The maximum atomic E-state index is 13.0. The van der Waals surface area contributed by atoms with E-state index in [4.69, 9.17) is 9.47 Å². The van der Waals surface area contributed by atoms with Gasteiger partial charge in [-0.15, -0.1) is 12.4 Å². The molecule has 3 aromatic rings. The number of aryl methyl sites for hydroxylation is 1. The van der Waals surface area contributed by atoms with Gasteiger partial charge in [0.1, 0.15) is 18.0 Å². The molecular formula is C28H31ClN2O3. The van der Waals surface area contributed by atoms with Gasteiger partial charge in [0.25, 0.3) is 5.91 Å². The molecule has 5 nitrogen and oxygen atoms in total. The minimum Gasteiger partial charge on any atom is -0.490 e. The normalized spacial score (nSPS) is 25.9. The lowest BCUT2D eigenvalue weighted by atomic mass is 9.97. The van der Waals surface area contributed by atoms with Crippen LogP contribution >= 0.6 is 12.4 Å². The first-order chi connectivity index (χ1) is 16.2. The zero-order valence-corrected chi connectivity index (χ0v) is 20.3. The Kier molecular flexibility index (Phi) is 6.50. The third-order valence-corrected chi connectivity index (χ3v) is 7.65. The Bertz CT molecular complexity index is 1160. The number of ether oxygens (including phenoxy) is 2. The van der Waals surface area contributed by atoms with Crippen molar-refractivity contribution in [3.8, 4) is 16.9 Å². The molecule has 1 amide bonds. The van der Waals surface area contributed by atoms with Crippen LogP contribution in [0.1, 0.15) is 44.1 Å². The van der Waals surface area contributed by atoms with E-state index in [1.807, 2.05) is 12.3 Å². The summed E-state index contributed by atoms with van der Waals surface area (Å²) in [6.45, 7) is 2.85. The fourth-order valence-electron chi connectivity index (χ4n) is 6.03. The first-order valence-electron chi connectivity index (χ1n) is 12.2. The summed E-state index contributed by atoms with van der Waals surface area (Å²) < 4.78 is 12.1. The molecule has 0 aliphatic carbocycles. The monoisotopic (exact) mass is 478 g/mol. The molecule has 2 bridgehead atoms. The molecule has 2 aromatic carbocycles. The Labute approximate surface area is 206 Å². The molecule has 34 heavy (non-hydrogen) atoms. The first kappa shape index (κ1) is 23.1. The van der Waals surface area contributed by atoms with Crippen molar-refractivity contribution < 1.29 is 14.3 Å². The maximum absolute atomic E-state index is 13.0. The second kappa shape index (κ2) is 9.55. The number of carbonyl (C=O) groups excluding carboxylic acids is 1. The zero-order chi connectivity index (χ0) is 22.4. The highest BCUT2D eigenvalue weighted by Gasteiger charge is 2.46. The molecule has 3 atom stereocenters. The number of nitrogens with zero attached hydrogens (tertiary/aromatic N) is 2. The van der Waals surface area contributed by atoms with E-state index in [1.165, 1.54) is 16.7 Å². The number of aromatic nitrogens is 1. The highest BCUT2D eigenvalue weighted by molar-refractivity contribution is 5.88. The number of piperidine rings is 1. The third-order valence-electron chi connectivity index (χ3n) is 7.65. The number of amides is 1. The van der Waals surface area contributed by atoms with Crippen LogP contribution in [0.25, 0.3) is 22.0 Å². The summed E-state index contributed by atoms with van der Waals surface area (Å²) in [5.74, 6) is 1.11. The number of benzene rings is 2. The largest absolute Gasteiger partial charge is 0.490 e. The van der Waals surface area contributed by atoms with E-state index in [2.05, 4.69) is 59.3 Å². The van der Waals surface area contributed by atoms with Crippen LogP contribution in [0.2, 0.25) is 0 Å². The SMILES string of the molecule is Cc1c(-c2ccc(OC3CC4CCC(C3)N4C(=O)[C@H]3CCCO3)cc2)ccc2cccnc12.Cl. The predicted molar refractivity (Wildman–Crippen MR) is 135 cm³/mol. The van der Waals surface area contributed by atoms with E-state index in [0.717, 1.165) is 61.8 Å². The summed E-state index contributed by atoms with van der Waals surface area (Å²) in [5, 5.41) is 1.16. The van der Waals surface area contributed by atoms with Crippen molar-refractivity contribution in [3.05, 3.63) is 60.3 Å². The summed E-state index contributed by atoms with van der Waals surface area (Å²) in [6.07, 6.45) is 7.64. The van der Waals surface area contributed by atoms with Crippen LogP contribution in [-0.4, -0.2) is 46.7 Å². The van der Waals surface area contributed by atoms with Gasteiger partial charge in [-0.1, -0.05) is 30.3 Å². The number of fused-ring (bicyclic) bond motifs is 3. The van der Waals surface area contributed by atoms with E-state index < -0.39 is 0 Å². The van der Waals surface area contributed by atoms with Crippen molar-refractivity contribution in [1.29, 1.82) is 0 Å². The lowest BCUT2D eigenvalue weighted by Crippen LogP contribution is -2.52. The molecule has 6 rings (SSSR count). The molecule has 3 aliphatic heterocycles. The van der Waals surface area contributed by atoms with Crippen LogP contribution in [0.15, 0.2) is 54.7 Å². The van der Waals surface area contributed by atoms with Gasteiger partial charge in [-0.3, -0.25) is 9.78 Å². The Morgan fingerprint density at radius 3 is 2.50 bits per heavy atom. The van der Waals surface area contributed by atoms with Gasteiger partial charge in [0.05, 0.1) is 5.52 Å². The molecule has 3 saturated heterocycles. The number of rotatable bonds is 4. The number of halogens is 1. The molecule has 1 aromatic heterocycles. The average molecular weight is 479 g/mol. The maximum Gasteiger partial charge on any atom is 0.252 e. The van der Waals surface area contributed by atoms with Crippen molar-refractivity contribution in [2.75, 3.05) is 6.61 Å². The van der Waals surface area contributed by atoms with Gasteiger partial charge in [-0.2, -0.15) is 0 Å². The second-order valence-electron chi connectivity index (χ2n) is 9.68. The topological polar surface area (TPSA) is 51.7 Å². The van der Waals surface area contributed by atoms with Crippen LogP contribution < -0.4 is 4.74 Å². The van der Waals surface area contributed by atoms with Crippen molar-refractivity contribution in [2.24, 2.45) is 0 Å². The van der Waals surface area contributed by atoms with Crippen LogP contribution in [0.5, 0.6) is 5.75 Å². The summed E-state index contributed by atoms with van der Waals surface area (Å²) in [5.41, 5.74) is 4.62. The minimum absolute atomic E-state index is 0. The highest BCUT2D eigenvalue weighted by atomic mass is 35.5. The summed E-state index contributed by atoms with van der Waals surface area (Å²) in [4.78, 5) is 19.7. The Morgan fingerprint density at radius 2 is 1.79 bits per heavy atom. The van der Waals surface area contributed by atoms with Gasteiger partial charge in [0.15, 0.2) is 0 Å². The van der Waals surface area contributed by atoms with Gasteiger partial charge < -0.3 is 14.4 Å². The molecule has 178 valence electrons. The second-order valence-corrected chi connectivity index (χ2v) is 9.68. The molecule has 0 saturated carbocycles. The van der Waals surface area contributed by atoms with E-state index in [1.54, 1.807) is 0 Å². The minimum atomic E-state index is -0.216. The fourth-order valence-corrected chi connectivity index (χ4v) is 6.03. The predicted octanol–water partition coefficient (Wildman–Crippen LogP) is 5.71. The van der Waals surface area contributed by atoms with Crippen LogP contribution in [0.3, 0.4) is 0 Å². The lowest BCUT2D eigenvalue weighted by molar-refractivity contribution is -0.147. The molecule has 6 heteroatoms. The van der Waals surface area contributed by atoms with Crippen molar-refractivity contribution in [1.82, 2.24) is 9.88 Å². The first-order valence-corrected chi connectivity index (χ1v) is 12.2. The molecule has 3 fully saturated rings. The standard InChI is InChI=1S/C28H30N2O3.ClH/c1-18-25(13-8-20-4-2-14-29-27(18)20)19-6-11-23(12-7-19)33-24-16-21-9-10-22(17-24)30(21)28(31)26-5-3-15-32-26;/h2,4,6-8,11-14,21-22,24,26H,3,5,9-10,15-17H2,1H3;1H/t21?,22?,24?,26-;/m1./s1. The summed E-state index contributed by atoms with van der Waals surface area (Å²) >= 11 is 0. The van der Waals surface area contributed by atoms with Crippen molar-refractivity contribution in [3.63, 3.8) is 0 Å². The van der Waals surface area contributed by atoms with Crippen LogP contribution in [0.4, 0.5) is 0 Å². The van der Waals surface area contributed by atoms with E-state index in [9.17, 15) is 4.79 Å². The molecule has 0 spiro atoms. The average Bonchev–Trinajstić information content (AvgIpc) is 3.47. The van der Waals surface area contributed by atoms with Gasteiger partial charge in [0, 0.05) is 43.1 Å².